The van der Waals surface area contributed by atoms with Gasteiger partial charge in [-0.2, -0.15) is 0 Å². The number of hydrogen-bond acceptors (Lipinski definition) is 8. The highest BCUT2D eigenvalue weighted by Gasteiger charge is 2.18. The molecule has 8 nitrogen and oxygen atoms in total. The Bertz CT molecular complexity index is 1150. The van der Waals surface area contributed by atoms with Gasteiger partial charge in [-0.3, -0.25) is 0 Å². The lowest BCUT2D eigenvalue weighted by Gasteiger charge is -2.06. The number of nitrogens with zero attached hydrogens (tertiary/aromatic N) is 4. The van der Waals surface area contributed by atoms with Gasteiger partial charge in [0.15, 0.2) is 0 Å². The summed E-state index contributed by atoms with van der Waals surface area (Å²) in [6, 6.07) is 15.2. The zero-order valence-corrected chi connectivity index (χ0v) is 20.4. The van der Waals surface area contributed by atoms with Crippen LogP contribution in [0.5, 0.6) is 11.5 Å². The highest BCUT2D eigenvalue weighted by atomic mass is 16.5. The van der Waals surface area contributed by atoms with Crippen LogP contribution in [0.25, 0.3) is 34.7 Å². The van der Waals surface area contributed by atoms with Gasteiger partial charge >= 0.3 is 11.8 Å². The Morgan fingerprint density at radius 2 is 0.914 bits per heavy atom. The van der Waals surface area contributed by atoms with Crippen LogP contribution in [0.2, 0.25) is 0 Å². The average Bonchev–Trinajstić information content (AvgIpc) is 3.58. The molecule has 0 aliphatic carbocycles. The maximum Gasteiger partial charge on any atom is 0.306 e. The highest BCUT2D eigenvalue weighted by molar-refractivity contribution is 5.57. The molecule has 0 atom stereocenters. The molecule has 4 aromatic rings. The minimum Gasteiger partial charge on any atom is -0.494 e. The van der Waals surface area contributed by atoms with Gasteiger partial charge in [0.1, 0.15) is 11.5 Å². The maximum atomic E-state index is 5.79. The Labute approximate surface area is 205 Å². The van der Waals surface area contributed by atoms with E-state index >= 15 is 0 Å². The van der Waals surface area contributed by atoms with Gasteiger partial charge < -0.3 is 18.3 Å². The first-order chi connectivity index (χ1) is 17.3. The minimum atomic E-state index is 0.172. The first-order valence-corrected chi connectivity index (χ1v) is 12.4. The van der Waals surface area contributed by atoms with E-state index in [1.165, 1.54) is 32.1 Å². The van der Waals surface area contributed by atoms with Crippen LogP contribution in [0.4, 0.5) is 0 Å². The summed E-state index contributed by atoms with van der Waals surface area (Å²) in [5, 5.41) is 16.4. The van der Waals surface area contributed by atoms with Crippen molar-refractivity contribution in [3.8, 4) is 46.2 Å². The van der Waals surface area contributed by atoms with Crippen LogP contribution in [0.15, 0.2) is 57.4 Å². The molecule has 2 aromatic carbocycles. The fraction of sp³-hybridized carbons (Fsp3) is 0.407. The highest BCUT2D eigenvalue weighted by Crippen LogP contribution is 2.28. The zero-order chi connectivity index (χ0) is 24.3. The summed E-state index contributed by atoms with van der Waals surface area (Å²) in [7, 11) is 0. The first-order valence-electron chi connectivity index (χ1n) is 12.4. The zero-order valence-electron chi connectivity index (χ0n) is 20.4. The molecule has 0 N–H and O–H groups in total. The molecule has 0 unspecified atom stereocenters. The summed E-state index contributed by atoms with van der Waals surface area (Å²) in [6.07, 6.45) is 8.09. The molecule has 2 aromatic heterocycles. The van der Waals surface area contributed by atoms with Crippen molar-refractivity contribution in [1.82, 2.24) is 20.4 Å². The van der Waals surface area contributed by atoms with Crippen LogP contribution < -0.4 is 9.47 Å². The van der Waals surface area contributed by atoms with Crippen LogP contribution in [-0.4, -0.2) is 33.6 Å². The normalized spacial score (nSPS) is 11.0. The standard InChI is InChI=1S/C27H32N4O4/c1-3-5-7-9-19-33-23-16-12-21(13-17-23)25-29-31-27(35-25)26-30-28-24(34-26)20-10-14-22(15-11-20)32-18-8-6-4-2/h10-17H,3-9,18-19H2,1-2H3. The van der Waals surface area contributed by atoms with E-state index in [9.17, 15) is 0 Å². The number of rotatable bonds is 14. The Morgan fingerprint density at radius 1 is 0.514 bits per heavy atom. The summed E-state index contributed by atoms with van der Waals surface area (Å²) < 4.78 is 23.1. The van der Waals surface area contributed by atoms with Gasteiger partial charge in [-0.25, -0.2) is 0 Å². The Hall–Kier alpha value is -3.68. The van der Waals surface area contributed by atoms with Gasteiger partial charge in [0, 0.05) is 11.1 Å². The molecular formula is C27H32N4O4. The van der Waals surface area contributed by atoms with Gasteiger partial charge in [-0.05, 0) is 61.4 Å². The van der Waals surface area contributed by atoms with Gasteiger partial charge in [-0.1, -0.05) is 46.0 Å². The van der Waals surface area contributed by atoms with Crippen molar-refractivity contribution in [3.05, 3.63) is 48.5 Å². The lowest BCUT2D eigenvalue weighted by molar-refractivity contribution is 0.305. The van der Waals surface area contributed by atoms with Crippen molar-refractivity contribution >= 4 is 0 Å². The molecule has 0 fully saturated rings. The van der Waals surface area contributed by atoms with Crippen molar-refractivity contribution in [2.24, 2.45) is 0 Å². The van der Waals surface area contributed by atoms with Crippen LogP contribution in [0.1, 0.15) is 58.8 Å². The number of benzene rings is 2. The number of aromatic nitrogens is 4. The molecule has 0 bridgehead atoms. The lowest BCUT2D eigenvalue weighted by atomic mass is 10.2. The molecule has 0 saturated heterocycles. The summed E-state index contributed by atoms with van der Waals surface area (Å²) in [5.74, 6) is 2.73. The molecular weight excluding hydrogens is 444 g/mol. The monoisotopic (exact) mass is 476 g/mol. The topological polar surface area (TPSA) is 96.3 Å². The minimum absolute atomic E-state index is 0.172. The second kappa shape index (κ2) is 12.7. The molecule has 2 heterocycles. The summed E-state index contributed by atoms with van der Waals surface area (Å²) in [5.41, 5.74) is 1.58. The second-order valence-corrected chi connectivity index (χ2v) is 8.34. The summed E-state index contributed by atoms with van der Waals surface area (Å²) >= 11 is 0. The fourth-order valence-electron chi connectivity index (χ4n) is 3.50. The summed E-state index contributed by atoms with van der Waals surface area (Å²) in [6.45, 7) is 5.81. The average molecular weight is 477 g/mol. The molecule has 0 saturated carbocycles. The van der Waals surface area contributed by atoms with Crippen LogP contribution in [-0.2, 0) is 0 Å². The molecule has 0 aliphatic rings. The van der Waals surface area contributed by atoms with E-state index < -0.39 is 0 Å². The van der Waals surface area contributed by atoms with E-state index in [0.29, 0.717) is 18.4 Å². The molecule has 8 heteroatoms. The molecule has 4 rings (SSSR count). The smallest absolute Gasteiger partial charge is 0.306 e. The number of unbranched alkanes of at least 4 members (excludes halogenated alkanes) is 5. The van der Waals surface area contributed by atoms with E-state index in [4.69, 9.17) is 18.3 Å². The van der Waals surface area contributed by atoms with E-state index in [1.54, 1.807) is 0 Å². The van der Waals surface area contributed by atoms with E-state index in [-0.39, 0.29) is 11.8 Å². The predicted molar refractivity (Wildman–Crippen MR) is 133 cm³/mol. The van der Waals surface area contributed by atoms with Crippen molar-refractivity contribution in [2.75, 3.05) is 13.2 Å². The second-order valence-electron chi connectivity index (χ2n) is 8.34. The Morgan fingerprint density at radius 3 is 1.37 bits per heavy atom. The largest absolute Gasteiger partial charge is 0.494 e. The Kier molecular flexibility index (Phi) is 8.86. The first kappa shape index (κ1) is 24.4. The van der Waals surface area contributed by atoms with Gasteiger partial charge in [0.2, 0.25) is 11.8 Å². The Balaban J connectivity index is 1.34. The van der Waals surface area contributed by atoms with Crippen LogP contribution >= 0.6 is 0 Å². The van der Waals surface area contributed by atoms with Crippen molar-refractivity contribution in [1.29, 1.82) is 0 Å². The van der Waals surface area contributed by atoms with Crippen molar-refractivity contribution in [2.45, 2.75) is 58.8 Å². The maximum absolute atomic E-state index is 5.79. The summed E-state index contributed by atoms with van der Waals surface area (Å²) in [4.78, 5) is 0. The van der Waals surface area contributed by atoms with Crippen molar-refractivity contribution in [3.63, 3.8) is 0 Å². The van der Waals surface area contributed by atoms with Gasteiger partial charge in [0.05, 0.1) is 13.2 Å². The van der Waals surface area contributed by atoms with Gasteiger partial charge in [0.25, 0.3) is 0 Å². The van der Waals surface area contributed by atoms with Crippen LogP contribution in [0, 0.1) is 0 Å². The number of ether oxygens (including phenoxy) is 2. The van der Waals surface area contributed by atoms with Crippen molar-refractivity contribution < 1.29 is 18.3 Å². The third-order valence-electron chi connectivity index (χ3n) is 5.52. The van der Waals surface area contributed by atoms with E-state index in [1.807, 2.05) is 48.5 Å². The van der Waals surface area contributed by atoms with Crippen LogP contribution in [0.3, 0.4) is 0 Å². The molecule has 35 heavy (non-hydrogen) atoms. The third-order valence-corrected chi connectivity index (χ3v) is 5.52. The molecule has 0 radical (unpaired) electrons. The fourth-order valence-corrected chi connectivity index (χ4v) is 3.50. The molecule has 0 aliphatic heterocycles. The predicted octanol–water partition coefficient (Wildman–Crippen LogP) is 6.98. The number of hydrogen-bond donors (Lipinski definition) is 0. The SMILES string of the molecule is CCCCCCOc1ccc(-c2nnc(-c3nnc(-c4ccc(OCCCCC)cc4)o3)o2)cc1. The molecule has 184 valence electrons. The van der Waals surface area contributed by atoms with Gasteiger partial charge in [-0.15, -0.1) is 20.4 Å². The molecule has 0 amide bonds. The van der Waals surface area contributed by atoms with E-state index in [0.717, 1.165) is 42.1 Å². The lowest BCUT2D eigenvalue weighted by Crippen LogP contribution is -1.96. The quantitative estimate of drug-likeness (QED) is 0.180. The van der Waals surface area contributed by atoms with E-state index in [2.05, 4.69) is 34.2 Å². The third kappa shape index (κ3) is 6.91. The molecule has 0 spiro atoms.